The van der Waals surface area contributed by atoms with Crippen LogP contribution in [-0.2, 0) is 4.79 Å². The normalized spacial score (nSPS) is 12.2. The van der Waals surface area contributed by atoms with Gasteiger partial charge in [0.1, 0.15) is 5.25 Å². The summed E-state index contributed by atoms with van der Waals surface area (Å²) in [5, 5.41) is 7.87. The molecular weight excluding hydrogens is 322 g/mol. The summed E-state index contributed by atoms with van der Waals surface area (Å²) in [6.45, 7) is 2.17. The number of benzene rings is 1. The van der Waals surface area contributed by atoms with Crippen LogP contribution in [0.1, 0.15) is 30.6 Å². The minimum absolute atomic E-state index is 0.360. The van der Waals surface area contributed by atoms with E-state index in [1.165, 1.54) is 35.9 Å². The monoisotopic (exact) mass is 339 g/mol. The van der Waals surface area contributed by atoms with E-state index in [0.29, 0.717) is 0 Å². The summed E-state index contributed by atoms with van der Waals surface area (Å²) >= 11 is 4.60. The first-order valence-electron chi connectivity index (χ1n) is 6.68. The molecule has 2 N–H and O–H groups in total. The topological polar surface area (TPSA) is 68.9 Å². The highest BCUT2D eigenvalue weighted by atomic mass is 32.2. The van der Waals surface area contributed by atoms with Crippen molar-refractivity contribution in [3.63, 3.8) is 0 Å². The number of hydrogen-bond donors (Lipinski definition) is 1. The van der Waals surface area contributed by atoms with Gasteiger partial charge in [0.25, 0.3) is 0 Å². The molecule has 4 nitrogen and oxygen atoms in total. The lowest BCUT2D eigenvalue weighted by atomic mass is 10.1. The molecule has 0 radical (unpaired) electrons. The molecule has 1 amide bonds. The lowest BCUT2D eigenvalue weighted by Crippen LogP contribution is -2.18. The summed E-state index contributed by atoms with van der Waals surface area (Å²) in [5.74, 6) is 0.690. The second-order valence-corrected chi connectivity index (χ2v) is 8.02. The highest BCUT2D eigenvalue weighted by Crippen LogP contribution is 2.38. The highest BCUT2D eigenvalue weighted by molar-refractivity contribution is 8.03. The van der Waals surface area contributed by atoms with Crippen molar-refractivity contribution >= 4 is 40.8 Å². The summed E-state index contributed by atoms with van der Waals surface area (Å²) in [5.41, 5.74) is 6.41. The number of aromatic nitrogens is 2. The number of amides is 1. The van der Waals surface area contributed by atoms with Gasteiger partial charge in [-0.2, -0.15) is 0 Å². The van der Waals surface area contributed by atoms with Gasteiger partial charge in [0, 0.05) is 5.75 Å². The van der Waals surface area contributed by atoms with Gasteiger partial charge in [0.2, 0.25) is 5.91 Å². The first-order chi connectivity index (χ1) is 10.2. The number of thioether (sulfide) groups is 2. The summed E-state index contributed by atoms with van der Waals surface area (Å²) in [4.78, 5) is 11.7. The number of carbonyl (C=O) groups excluding carboxylic acids is 1. The van der Waals surface area contributed by atoms with Crippen molar-refractivity contribution in [2.24, 2.45) is 5.73 Å². The van der Waals surface area contributed by atoms with E-state index in [2.05, 4.69) is 17.1 Å². The highest BCUT2D eigenvalue weighted by Gasteiger charge is 2.21. The Hall–Kier alpha value is -1.05. The maximum atomic E-state index is 11.7. The van der Waals surface area contributed by atoms with Gasteiger partial charge < -0.3 is 5.73 Å². The first kappa shape index (κ1) is 16.3. The minimum Gasteiger partial charge on any atom is -0.368 e. The molecule has 0 fully saturated rings. The van der Waals surface area contributed by atoms with Gasteiger partial charge in [-0.1, -0.05) is 78.5 Å². The third-order valence-electron chi connectivity index (χ3n) is 2.69. The standard InChI is InChI=1S/C14H17N3OS3/c1-2-3-9-19-13-16-17-14(21-13)20-11(12(15)18)10-7-5-4-6-8-10/h4-8,11H,2-3,9H2,1H3,(H2,15,18). The Morgan fingerprint density at radius 3 is 2.67 bits per heavy atom. The quantitative estimate of drug-likeness (QED) is 0.586. The van der Waals surface area contributed by atoms with Crippen LogP contribution in [0.3, 0.4) is 0 Å². The van der Waals surface area contributed by atoms with Gasteiger partial charge in [0.15, 0.2) is 8.68 Å². The zero-order valence-corrected chi connectivity index (χ0v) is 14.1. The maximum absolute atomic E-state index is 11.7. The number of carbonyl (C=O) groups is 1. The molecular formula is C14H17N3OS3. The molecule has 2 aromatic rings. The zero-order valence-electron chi connectivity index (χ0n) is 11.7. The molecule has 0 saturated heterocycles. The smallest absolute Gasteiger partial charge is 0.235 e. The van der Waals surface area contributed by atoms with Crippen LogP contribution >= 0.6 is 34.9 Å². The van der Waals surface area contributed by atoms with Gasteiger partial charge in [0.05, 0.1) is 0 Å². The molecule has 2 rings (SSSR count). The van der Waals surface area contributed by atoms with E-state index < -0.39 is 5.25 Å². The Morgan fingerprint density at radius 2 is 2.00 bits per heavy atom. The number of nitrogens with zero attached hydrogens (tertiary/aromatic N) is 2. The Balaban J connectivity index is 2.03. The summed E-state index contributed by atoms with van der Waals surface area (Å²) < 4.78 is 1.73. The van der Waals surface area contributed by atoms with Crippen molar-refractivity contribution in [1.82, 2.24) is 10.2 Å². The molecule has 0 spiro atoms. The molecule has 21 heavy (non-hydrogen) atoms. The van der Waals surface area contributed by atoms with Crippen molar-refractivity contribution in [2.45, 2.75) is 33.7 Å². The molecule has 0 saturated carbocycles. The van der Waals surface area contributed by atoms with E-state index in [4.69, 9.17) is 5.73 Å². The van der Waals surface area contributed by atoms with E-state index in [1.54, 1.807) is 11.8 Å². The molecule has 1 unspecified atom stereocenters. The number of unbranched alkanes of at least 4 members (excludes halogenated alkanes) is 1. The summed E-state index contributed by atoms with van der Waals surface area (Å²) in [7, 11) is 0. The molecule has 112 valence electrons. The lowest BCUT2D eigenvalue weighted by Gasteiger charge is -2.10. The van der Waals surface area contributed by atoms with Crippen LogP contribution in [0.25, 0.3) is 0 Å². The van der Waals surface area contributed by atoms with Crippen LogP contribution in [0.4, 0.5) is 0 Å². The molecule has 7 heteroatoms. The van der Waals surface area contributed by atoms with Crippen molar-refractivity contribution in [2.75, 3.05) is 5.75 Å². The fourth-order valence-electron chi connectivity index (χ4n) is 1.63. The SMILES string of the molecule is CCCCSc1nnc(SC(C(N)=O)c2ccccc2)s1. The second kappa shape index (κ2) is 8.41. The molecule has 1 atom stereocenters. The van der Waals surface area contributed by atoms with E-state index >= 15 is 0 Å². The maximum Gasteiger partial charge on any atom is 0.235 e. The van der Waals surface area contributed by atoms with Gasteiger partial charge in [-0.3, -0.25) is 4.79 Å². The Morgan fingerprint density at radius 1 is 1.29 bits per heavy atom. The third-order valence-corrected chi connectivity index (χ3v) is 6.19. The fraction of sp³-hybridized carbons (Fsp3) is 0.357. The Kier molecular flexibility index (Phi) is 6.53. The fourth-order valence-corrected chi connectivity index (χ4v) is 4.94. The van der Waals surface area contributed by atoms with Gasteiger partial charge in [-0.05, 0) is 12.0 Å². The van der Waals surface area contributed by atoms with Crippen LogP contribution in [0.15, 0.2) is 39.0 Å². The average molecular weight is 340 g/mol. The van der Waals surface area contributed by atoms with Gasteiger partial charge >= 0.3 is 0 Å². The molecule has 0 aliphatic rings. The second-order valence-electron chi connectivity index (χ2n) is 4.35. The van der Waals surface area contributed by atoms with Crippen LogP contribution in [0.5, 0.6) is 0 Å². The minimum atomic E-state index is -0.423. The van der Waals surface area contributed by atoms with Crippen LogP contribution in [-0.4, -0.2) is 21.9 Å². The number of hydrogen-bond acceptors (Lipinski definition) is 6. The molecule has 1 heterocycles. The first-order valence-corrected chi connectivity index (χ1v) is 9.36. The predicted octanol–water partition coefficient (Wildman–Crippen LogP) is 3.75. The zero-order chi connectivity index (χ0) is 15.1. The van der Waals surface area contributed by atoms with Crippen LogP contribution in [0.2, 0.25) is 0 Å². The number of nitrogens with two attached hydrogens (primary N) is 1. The number of rotatable bonds is 8. The molecule has 1 aromatic carbocycles. The number of primary amides is 1. The van der Waals surface area contributed by atoms with Crippen molar-refractivity contribution in [3.8, 4) is 0 Å². The summed E-state index contributed by atoms with van der Waals surface area (Å²) in [6, 6.07) is 9.52. The van der Waals surface area contributed by atoms with Crippen LogP contribution < -0.4 is 5.73 Å². The van der Waals surface area contributed by atoms with E-state index in [1.807, 2.05) is 30.3 Å². The van der Waals surface area contributed by atoms with Gasteiger partial charge in [-0.15, -0.1) is 10.2 Å². The largest absolute Gasteiger partial charge is 0.368 e. The van der Waals surface area contributed by atoms with E-state index in [9.17, 15) is 4.79 Å². The van der Waals surface area contributed by atoms with Crippen molar-refractivity contribution in [3.05, 3.63) is 35.9 Å². The van der Waals surface area contributed by atoms with Crippen molar-refractivity contribution in [1.29, 1.82) is 0 Å². The molecule has 0 bridgehead atoms. The Bertz CT molecular complexity index is 574. The van der Waals surface area contributed by atoms with E-state index in [-0.39, 0.29) is 5.91 Å². The van der Waals surface area contributed by atoms with Crippen LogP contribution in [0, 0.1) is 0 Å². The van der Waals surface area contributed by atoms with Gasteiger partial charge in [-0.25, -0.2) is 0 Å². The molecule has 0 aliphatic heterocycles. The van der Waals surface area contributed by atoms with E-state index in [0.717, 1.165) is 20.0 Å². The molecule has 1 aromatic heterocycles. The van der Waals surface area contributed by atoms with Crippen molar-refractivity contribution < 1.29 is 4.79 Å². The summed E-state index contributed by atoms with van der Waals surface area (Å²) in [6.07, 6.45) is 2.34. The third kappa shape index (κ3) is 5.01. The predicted molar refractivity (Wildman–Crippen MR) is 89.8 cm³/mol. The average Bonchev–Trinajstić information content (AvgIpc) is 2.93. The Labute approximate surface area is 136 Å². The molecule has 0 aliphatic carbocycles. The lowest BCUT2D eigenvalue weighted by molar-refractivity contribution is -0.117.